The standard InChI is InChI=1S/C31H46N8O3/c1-23-15-16-27-26(20-23)21-36-29(33)38-31(41)39(19-11-14-24-12-7-8-13-25(24)22-42-27)18-10-6-4-3-5-9-17-35-28(32)37-30(40)34-2/h7-8,12-13,15-16,20H,3-6,9-11,14,17-19,21-22H2,1-2H3,(H3,33,36,38,41)(H4,32,34,35,37,40). The van der Waals surface area contributed by atoms with E-state index in [-0.39, 0.29) is 18.0 Å². The van der Waals surface area contributed by atoms with Crippen molar-refractivity contribution in [3.05, 3.63) is 64.7 Å². The summed E-state index contributed by atoms with van der Waals surface area (Å²) in [4.78, 5) is 26.2. The fraction of sp³-hybridized carbons (Fsp3) is 0.484. The molecule has 7 N–H and O–H groups in total. The smallest absolute Gasteiger partial charge is 0.324 e. The molecular formula is C31H46N8O3. The van der Waals surface area contributed by atoms with Crippen molar-refractivity contribution >= 4 is 24.0 Å². The number of ether oxygens (including phenoxy) is 1. The van der Waals surface area contributed by atoms with Gasteiger partial charge in [0.05, 0.1) is 0 Å². The Morgan fingerprint density at radius 3 is 2.55 bits per heavy atom. The molecule has 0 spiro atoms. The molecule has 0 fully saturated rings. The van der Waals surface area contributed by atoms with Crippen LogP contribution >= 0.6 is 0 Å². The van der Waals surface area contributed by atoms with Crippen molar-refractivity contribution in [2.45, 2.75) is 71.4 Å². The molecule has 11 nitrogen and oxygen atoms in total. The van der Waals surface area contributed by atoms with Crippen LogP contribution in [0.3, 0.4) is 0 Å². The summed E-state index contributed by atoms with van der Waals surface area (Å²) in [5, 5.41) is 29.4. The van der Waals surface area contributed by atoms with Crippen molar-refractivity contribution < 1.29 is 14.3 Å². The molecule has 0 radical (unpaired) electrons. The third-order valence-corrected chi connectivity index (χ3v) is 7.19. The molecule has 4 amide bonds. The van der Waals surface area contributed by atoms with Crippen LogP contribution in [0.2, 0.25) is 0 Å². The monoisotopic (exact) mass is 578 g/mol. The molecule has 3 rings (SSSR count). The van der Waals surface area contributed by atoms with Gasteiger partial charge < -0.3 is 25.6 Å². The number of hydrogen-bond acceptors (Lipinski definition) is 5. The minimum absolute atomic E-state index is 0.000422. The number of guanidine groups is 2. The molecule has 2 aromatic carbocycles. The van der Waals surface area contributed by atoms with Crippen LogP contribution in [-0.2, 0) is 19.6 Å². The van der Waals surface area contributed by atoms with Gasteiger partial charge in [-0.3, -0.25) is 21.5 Å². The van der Waals surface area contributed by atoms with E-state index in [9.17, 15) is 9.59 Å². The summed E-state index contributed by atoms with van der Waals surface area (Å²) in [6, 6.07) is 13.7. The van der Waals surface area contributed by atoms with E-state index in [1.807, 2.05) is 42.2 Å². The molecule has 0 saturated heterocycles. The van der Waals surface area contributed by atoms with E-state index < -0.39 is 6.03 Å². The van der Waals surface area contributed by atoms with E-state index in [2.05, 4.69) is 38.7 Å². The Balaban J connectivity index is 1.49. The maximum Gasteiger partial charge on any atom is 0.324 e. The first-order valence-corrected chi connectivity index (χ1v) is 14.8. The molecule has 42 heavy (non-hydrogen) atoms. The molecular weight excluding hydrogens is 532 g/mol. The van der Waals surface area contributed by atoms with Crippen molar-refractivity contribution in [2.75, 3.05) is 26.7 Å². The second-order valence-corrected chi connectivity index (χ2v) is 10.5. The van der Waals surface area contributed by atoms with Gasteiger partial charge in [0, 0.05) is 38.8 Å². The zero-order chi connectivity index (χ0) is 30.2. The third-order valence-electron chi connectivity index (χ3n) is 7.19. The summed E-state index contributed by atoms with van der Waals surface area (Å²) in [5.74, 6) is 0.746. The first-order chi connectivity index (χ1) is 20.4. The van der Waals surface area contributed by atoms with Crippen molar-refractivity contribution in [1.29, 1.82) is 10.8 Å². The Morgan fingerprint density at radius 2 is 1.76 bits per heavy atom. The topological polar surface area (TPSA) is 154 Å². The molecule has 0 atom stereocenters. The van der Waals surface area contributed by atoms with Gasteiger partial charge in [-0.25, -0.2) is 9.59 Å². The van der Waals surface area contributed by atoms with Crippen LogP contribution in [0, 0.1) is 17.7 Å². The van der Waals surface area contributed by atoms with Crippen LogP contribution in [0.15, 0.2) is 42.5 Å². The summed E-state index contributed by atoms with van der Waals surface area (Å²) in [6.45, 7) is 4.74. The molecule has 0 bridgehead atoms. The number of fused-ring (bicyclic) bond motifs is 2. The lowest BCUT2D eigenvalue weighted by Crippen LogP contribution is -2.47. The molecule has 228 valence electrons. The van der Waals surface area contributed by atoms with Crippen molar-refractivity contribution in [3.8, 4) is 5.75 Å². The summed E-state index contributed by atoms with van der Waals surface area (Å²) in [7, 11) is 1.51. The normalized spacial score (nSPS) is 14.1. The second kappa shape index (κ2) is 17.5. The predicted octanol–water partition coefficient (Wildman–Crippen LogP) is 4.35. The number of hydrogen-bond donors (Lipinski definition) is 7. The van der Waals surface area contributed by atoms with E-state index in [1.165, 1.54) is 12.6 Å². The highest BCUT2D eigenvalue weighted by molar-refractivity contribution is 5.95. The zero-order valence-corrected chi connectivity index (χ0v) is 24.9. The molecule has 0 saturated carbocycles. The van der Waals surface area contributed by atoms with Gasteiger partial charge in [-0.05, 0) is 49.8 Å². The lowest BCUT2D eigenvalue weighted by Gasteiger charge is -2.23. The van der Waals surface area contributed by atoms with E-state index in [0.29, 0.717) is 32.8 Å². The van der Waals surface area contributed by atoms with Crippen molar-refractivity contribution in [3.63, 3.8) is 0 Å². The van der Waals surface area contributed by atoms with Gasteiger partial charge in [-0.15, -0.1) is 0 Å². The summed E-state index contributed by atoms with van der Waals surface area (Å²) >= 11 is 0. The highest BCUT2D eigenvalue weighted by atomic mass is 16.5. The Bertz CT molecular complexity index is 1200. The van der Waals surface area contributed by atoms with Gasteiger partial charge in [0.2, 0.25) is 0 Å². The van der Waals surface area contributed by atoms with E-state index in [0.717, 1.165) is 73.8 Å². The van der Waals surface area contributed by atoms with E-state index >= 15 is 0 Å². The Morgan fingerprint density at radius 1 is 1.02 bits per heavy atom. The average Bonchev–Trinajstić information content (AvgIpc) is 2.98. The number of urea groups is 2. The van der Waals surface area contributed by atoms with Gasteiger partial charge >= 0.3 is 12.1 Å². The van der Waals surface area contributed by atoms with Crippen molar-refractivity contribution in [1.82, 2.24) is 31.5 Å². The number of nitrogens with zero attached hydrogens (tertiary/aromatic N) is 1. The lowest BCUT2D eigenvalue weighted by molar-refractivity contribution is 0.200. The van der Waals surface area contributed by atoms with Gasteiger partial charge in [0.15, 0.2) is 11.9 Å². The number of amides is 4. The fourth-order valence-corrected chi connectivity index (χ4v) is 4.84. The molecule has 2 aromatic rings. The molecule has 0 aliphatic carbocycles. The quantitative estimate of drug-likeness (QED) is 0.134. The molecule has 1 aliphatic heterocycles. The number of rotatable bonds is 9. The van der Waals surface area contributed by atoms with Crippen LogP contribution in [0.5, 0.6) is 5.75 Å². The second-order valence-electron chi connectivity index (χ2n) is 10.5. The van der Waals surface area contributed by atoms with Crippen LogP contribution < -0.4 is 31.3 Å². The molecule has 1 heterocycles. The fourth-order valence-electron chi connectivity index (χ4n) is 4.84. The van der Waals surface area contributed by atoms with Crippen LogP contribution in [0.4, 0.5) is 9.59 Å². The number of unbranched alkanes of at least 4 members (excludes halogenated alkanes) is 5. The van der Waals surface area contributed by atoms with E-state index in [1.54, 1.807) is 0 Å². The minimum Gasteiger partial charge on any atom is -0.489 e. The van der Waals surface area contributed by atoms with Gasteiger partial charge in [-0.2, -0.15) is 0 Å². The average molecular weight is 579 g/mol. The van der Waals surface area contributed by atoms with Crippen LogP contribution in [0.1, 0.15) is 67.2 Å². The summed E-state index contributed by atoms with van der Waals surface area (Å²) in [6.07, 6.45) is 7.63. The SMILES string of the molecule is CNC(=O)NC(=N)NCCCCCCCCN1CCCc2ccccc2COc2ccc(C)cc2CNC(=N)NC1=O. The number of carbonyl (C=O) groups excluding carboxylic acids is 2. The van der Waals surface area contributed by atoms with Crippen LogP contribution in [-0.4, -0.2) is 55.6 Å². The van der Waals surface area contributed by atoms with Crippen molar-refractivity contribution in [2.24, 2.45) is 0 Å². The minimum atomic E-state index is -0.409. The maximum absolute atomic E-state index is 13.1. The highest BCUT2D eigenvalue weighted by Gasteiger charge is 2.16. The zero-order valence-electron chi connectivity index (χ0n) is 24.9. The molecule has 11 heteroatoms. The Hall–Kier alpha value is -4.28. The third kappa shape index (κ3) is 11.3. The summed E-state index contributed by atoms with van der Waals surface area (Å²) < 4.78 is 6.22. The first-order valence-electron chi connectivity index (χ1n) is 14.8. The maximum atomic E-state index is 13.1. The molecule has 0 aromatic heterocycles. The number of aryl methyl sites for hydroxylation is 2. The largest absolute Gasteiger partial charge is 0.489 e. The Labute approximate surface area is 249 Å². The van der Waals surface area contributed by atoms with Gasteiger partial charge in [0.25, 0.3) is 0 Å². The number of carbonyl (C=O) groups is 2. The number of nitrogens with one attached hydrogen (secondary N) is 7. The summed E-state index contributed by atoms with van der Waals surface area (Å²) in [5.41, 5.74) is 4.41. The number of benzene rings is 2. The highest BCUT2D eigenvalue weighted by Crippen LogP contribution is 2.23. The first kappa shape index (κ1) is 32.2. The van der Waals surface area contributed by atoms with Gasteiger partial charge in [0.1, 0.15) is 12.4 Å². The lowest BCUT2D eigenvalue weighted by atomic mass is 10.0. The van der Waals surface area contributed by atoms with Gasteiger partial charge in [-0.1, -0.05) is 67.6 Å². The molecule has 0 unspecified atom stereocenters. The Kier molecular flexibility index (Phi) is 13.4. The predicted molar refractivity (Wildman–Crippen MR) is 166 cm³/mol. The molecule has 1 aliphatic rings. The van der Waals surface area contributed by atoms with E-state index in [4.69, 9.17) is 15.6 Å². The van der Waals surface area contributed by atoms with Crippen LogP contribution in [0.25, 0.3) is 0 Å².